The monoisotopic (exact) mass is 530 g/mol. The lowest BCUT2D eigenvalue weighted by atomic mass is 9.73. The first-order valence-electron chi connectivity index (χ1n) is 14.0. The van der Waals surface area contributed by atoms with Crippen molar-refractivity contribution in [1.29, 1.82) is 0 Å². The second-order valence-corrected chi connectivity index (χ2v) is 10.4. The van der Waals surface area contributed by atoms with Gasteiger partial charge in [-0.3, -0.25) is 0 Å². The Bertz CT molecular complexity index is 1340. The zero-order valence-electron chi connectivity index (χ0n) is 23.3. The molecule has 0 radical (unpaired) electrons. The normalized spacial score (nSPS) is 13.8. The predicted octanol–water partition coefficient (Wildman–Crippen LogP) is 7.07. The molecule has 3 N–H and O–H groups in total. The number of benzene rings is 3. The SMILES string of the molecule is CCCc1cc(O)c(C2(c3c(O)cc(CCC)cc3CCC)OC(=O)c3ccc(C(=O)O)cc32)c(CCC)c1. The first-order chi connectivity index (χ1) is 18.7. The fourth-order valence-corrected chi connectivity index (χ4v) is 6.00. The van der Waals surface area contributed by atoms with Gasteiger partial charge in [0.05, 0.1) is 11.1 Å². The first-order valence-corrected chi connectivity index (χ1v) is 14.0. The second-order valence-electron chi connectivity index (χ2n) is 10.4. The van der Waals surface area contributed by atoms with Crippen LogP contribution in [0.3, 0.4) is 0 Å². The van der Waals surface area contributed by atoms with Crippen molar-refractivity contribution in [2.24, 2.45) is 0 Å². The van der Waals surface area contributed by atoms with Crippen LogP contribution in [0.15, 0.2) is 42.5 Å². The van der Waals surface area contributed by atoms with Gasteiger partial charge in [-0.2, -0.15) is 0 Å². The molecule has 0 bridgehead atoms. The summed E-state index contributed by atoms with van der Waals surface area (Å²) in [5.41, 5.74) is 3.15. The van der Waals surface area contributed by atoms with Crippen molar-refractivity contribution in [3.63, 3.8) is 0 Å². The zero-order chi connectivity index (χ0) is 28.3. The Labute approximate surface area is 230 Å². The number of ether oxygens (including phenoxy) is 1. The van der Waals surface area contributed by atoms with E-state index in [1.165, 1.54) is 18.2 Å². The number of carbonyl (C=O) groups is 2. The molecule has 6 nitrogen and oxygen atoms in total. The highest BCUT2D eigenvalue weighted by Gasteiger charge is 2.53. The van der Waals surface area contributed by atoms with Crippen molar-refractivity contribution in [1.82, 2.24) is 0 Å². The summed E-state index contributed by atoms with van der Waals surface area (Å²) in [5, 5.41) is 33.2. The molecule has 0 saturated heterocycles. The third-order valence-corrected chi connectivity index (χ3v) is 7.45. The van der Waals surface area contributed by atoms with E-state index in [4.69, 9.17) is 4.74 Å². The van der Waals surface area contributed by atoms with Crippen molar-refractivity contribution < 1.29 is 29.6 Å². The smallest absolute Gasteiger partial charge is 0.340 e. The van der Waals surface area contributed by atoms with E-state index in [1.54, 1.807) is 12.1 Å². The average Bonchev–Trinajstić information content (AvgIpc) is 3.16. The summed E-state index contributed by atoms with van der Waals surface area (Å²) in [6.45, 7) is 8.22. The molecule has 0 amide bonds. The van der Waals surface area contributed by atoms with Crippen LogP contribution in [-0.2, 0) is 36.0 Å². The standard InChI is InChI=1S/C33H38O6/c1-5-9-20-15-22(11-7-3)29(27(34)17-20)33(26-19-24(31(36)37)13-14-25(26)32(38)39-33)30-23(12-8-4)16-21(10-6-2)18-28(30)35/h13-19,34-35H,5-12H2,1-4H3,(H,36,37). The van der Waals surface area contributed by atoms with Crippen molar-refractivity contribution in [2.45, 2.75) is 84.7 Å². The van der Waals surface area contributed by atoms with Gasteiger partial charge in [-0.05, 0) is 78.3 Å². The molecule has 1 aliphatic rings. The van der Waals surface area contributed by atoms with Gasteiger partial charge in [-0.25, -0.2) is 9.59 Å². The third kappa shape index (κ3) is 5.00. The Hall–Kier alpha value is -3.80. The number of phenolic OH excluding ortho intramolecular Hbond substituents is 2. The Kier molecular flexibility index (Phi) is 8.34. The molecule has 0 atom stereocenters. The Morgan fingerprint density at radius 3 is 1.67 bits per heavy atom. The maximum absolute atomic E-state index is 13.5. The van der Waals surface area contributed by atoms with Crippen LogP contribution in [0.1, 0.15) is 113 Å². The van der Waals surface area contributed by atoms with E-state index < -0.39 is 17.5 Å². The highest BCUT2D eigenvalue weighted by Crippen LogP contribution is 2.55. The van der Waals surface area contributed by atoms with Crippen LogP contribution in [0, 0.1) is 0 Å². The van der Waals surface area contributed by atoms with E-state index in [-0.39, 0.29) is 22.6 Å². The number of fused-ring (bicyclic) bond motifs is 1. The Balaban J connectivity index is 2.20. The minimum Gasteiger partial charge on any atom is -0.507 e. The third-order valence-electron chi connectivity index (χ3n) is 7.45. The van der Waals surface area contributed by atoms with Gasteiger partial charge in [0, 0.05) is 16.7 Å². The van der Waals surface area contributed by atoms with Crippen LogP contribution < -0.4 is 0 Å². The van der Waals surface area contributed by atoms with Crippen molar-refractivity contribution >= 4 is 11.9 Å². The van der Waals surface area contributed by atoms with Crippen LogP contribution >= 0.6 is 0 Å². The van der Waals surface area contributed by atoms with Gasteiger partial charge < -0.3 is 20.1 Å². The van der Waals surface area contributed by atoms with E-state index in [9.17, 15) is 24.9 Å². The number of rotatable bonds is 11. The molecule has 0 aliphatic carbocycles. The molecule has 0 aromatic heterocycles. The minimum absolute atomic E-state index is 0.00491. The number of cyclic esters (lactones) is 1. The Morgan fingerprint density at radius 1 is 0.744 bits per heavy atom. The number of esters is 1. The number of carbonyl (C=O) groups excluding carboxylic acids is 1. The number of carboxylic acids is 1. The van der Waals surface area contributed by atoms with Crippen LogP contribution in [0.5, 0.6) is 11.5 Å². The molecule has 39 heavy (non-hydrogen) atoms. The van der Waals surface area contributed by atoms with Crippen molar-refractivity contribution in [2.75, 3.05) is 0 Å². The van der Waals surface area contributed by atoms with Crippen molar-refractivity contribution in [3.8, 4) is 11.5 Å². The maximum Gasteiger partial charge on any atom is 0.340 e. The summed E-state index contributed by atoms with van der Waals surface area (Å²) in [4.78, 5) is 25.5. The molecule has 4 rings (SSSR count). The van der Waals surface area contributed by atoms with E-state index >= 15 is 0 Å². The predicted molar refractivity (Wildman–Crippen MR) is 151 cm³/mol. The largest absolute Gasteiger partial charge is 0.507 e. The molecule has 3 aromatic rings. The van der Waals surface area contributed by atoms with Gasteiger partial charge in [0.15, 0.2) is 5.60 Å². The van der Waals surface area contributed by atoms with E-state index in [1.807, 2.05) is 26.0 Å². The molecule has 0 spiro atoms. The summed E-state index contributed by atoms with van der Waals surface area (Å²) < 4.78 is 6.31. The number of hydrogen-bond acceptors (Lipinski definition) is 5. The van der Waals surface area contributed by atoms with Crippen molar-refractivity contribution in [3.05, 3.63) is 92.5 Å². The van der Waals surface area contributed by atoms with Gasteiger partial charge in [-0.15, -0.1) is 0 Å². The lowest BCUT2D eigenvalue weighted by Gasteiger charge is -2.35. The van der Waals surface area contributed by atoms with E-state index in [0.29, 0.717) is 29.5 Å². The van der Waals surface area contributed by atoms with E-state index in [2.05, 4.69) is 13.8 Å². The average molecular weight is 531 g/mol. The Morgan fingerprint density at radius 2 is 1.23 bits per heavy atom. The van der Waals surface area contributed by atoms with Crippen LogP contribution in [0.2, 0.25) is 0 Å². The van der Waals surface area contributed by atoms with Gasteiger partial charge >= 0.3 is 11.9 Å². The lowest BCUT2D eigenvalue weighted by molar-refractivity contribution is 0.0234. The number of aromatic carboxylic acids is 1. The minimum atomic E-state index is -1.71. The fourth-order valence-electron chi connectivity index (χ4n) is 6.00. The number of hydrogen-bond donors (Lipinski definition) is 3. The second kappa shape index (κ2) is 11.5. The molecular weight excluding hydrogens is 492 g/mol. The highest BCUT2D eigenvalue weighted by atomic mass is 16.6. The number of aryl methyl sites for hydroxylation is 4. The maximum atomic E-state index is 13.5. The fraction of sp³-hybridized carbons (Fsp3) is 0.394. The molecule has 0 saturated carbocycles. The molecule has 206 valence electrons. The van der Waals surface area contributed by atoms with Gasteiger partial charge in [0.2, 0.25) is 0 Å². The van der Waals surface area contributed by atoms with Crippen LogP contribution in [0.25, 0.3) is 0 Å². The van der Waals surface area contributed by atoms with Crippen LogP contribution in [0.4, 0.5) is 0 Å². The topological polar surface area (TPSA) is 104 Å². The first kappa shape index (κ1) is 28.2. The van der Waals surface area contributed by atoms with Crippen LogP contribution in [-0.4, -0.2) is 27.3 Å². The summed E-state index contributed by atoms with van der Waals surface area (Å²) >= 11 is 0. The van der Waals surface area contributed by atoms with Gasteiger partial charge in [-0.1, -0.05) is 65.5 Å². The number of phenols is 2. The molecule has 3 aromatic carbocycles. The lowest BCUT2D eigenvalue weighted by Crippen LogP contribution is -2.33. The summed E-state index contributed by atoms with van der Waals surface area (Å²) in [6, 6.07) is 11.8. The van der Waals surface area contributed by atoms with Gasteiger partial charge in [0.1, 0.15) is 11.5 Å². The molecule has 1 heterocycles. The number of aromatic hydroxyl groups is 2. The molecular formula is C33H38O6. The molecule has 0 unspecified atom stereocenters. The summed E-state index contributed by atoms with van der Waals surface area (Å²) in [7, 11) is 0. The summed E-state index contributed by atoms with van der Waals surface area (Å²) in [6.07, 6.45) is 6.10. The van der Waals surface area contributed by atoms with E-state index in [0.717, 1.165) is 60.8 Å². The number of carboxylic acid groups (broad SMARTS) is 1. The molecule has 6 heteroatoms. The molecule has 1 aliphatic heterocycles. The zero-order valence-corrected chi connectivity index (χ0v) is 23.3. The van der Waals surface area contributed by atoms with Gasteiger partial charge in [0.25, 0.3) is 0 Å². The summed E-state index contributed by atoms with van der Waals surface area (Å²) in [5.74, 6) is -1.84. The molecule has 0 fully saturated rings. The quantitative estimate of drug-likeness (QED) is 0.229. The highest BCUT2D eigenvalue weighted by molar-refractivity contribution is 5.99.